The van der Waals surface area contributed by atoms with Crippen LogP contribution in [-0.2, 0) is 10.9 Å². The van der Waals surface area contributed by atoms with Gasteiger partial charge in [0.25, 0.3) is 0 Å². The van der Waals surface area contributed by atoms with Crippen molar-refractivity contribution in [1.82, 2.24) is 14.7 Å². The van der Waals surface area contributed by atoms with Gasteiger partial charge >= 0.3 is 6.18 Å². The fourth-order valence-electron chi connectivity index (χ4n) is 2.31. The molecule has 20 heavy (non-hydrogen) atoms. The van der Waals surface area contributed by atoms with E-state index in [-0.39, 0.29) is 10.5 Å². The van der Waals surface area contributed by atoms with Gasteiger partial charge in [-0.1, -0.05) is 0 Å². The van der Waals surface area contributed by atoms with Crippen LogP contribution in [0.2, 0.25) is 0 Å². The zero-order valence-corrected chi connectivity index (χ0v) is 11.9. The summed E-state index contributed by atoms with van der Waals surface area (Å²) < 4.78 is 45.8. The Kier molecular flexibility index (Phi) is 4.82. The summed E-state index contributed by atoms with van der Waals surface area (Å²) in [6, 6.07) is 0. The molecule has 0 atom stereocenters. The Morgan fingerprint density at radius 1 is 1.40 bits per heavy atom. The Labute approximate surface area is 119 Å². The highest BCUT2D eigenvalue weighted by atomic mass is 32.1. The molecule has 0 saturated carbocycles. The second-order valence-electron chi connectivity index (χ2n) is 4.96. The summed E-state index contributed by atoms with van der Waals surface area (Å²) in [6.45, 7) is 2.88. The molecule has 1 aliphatic heterocycles. The summed E-state index contributed by atoms with van der Waals surface area (Å²) in [5.74, 6) is -1.09. The van der Waals surface area contributed by atoms with Crippen LogP contribution in [0.5, 0.6) is 0 Å². The molecule has 1 aliphatic rings. The number of anilines is 1. The van der Waals surface area contributed by atoms with Crippen molar-refractivity contribution in [3.05, 3.63) is 5.82 Å². The Hall–Kier alpha value is -0.930. The number of nitrogens with one attached hydrogen (secondary N) is 2. The lowest BCUT2D eigenvalue weighted by atomic mass is 9.79. The molecule has 5 nitrogen and oxygen atoms in total. The molecule has 0 spiro atoms. The predicted octanol–water partition coefficient (Wildman–Crippen LogP) is 1.98. The average Bonchev–Trinajstić information content (AvgIpc) is 2.87. The Balaban J connectivity index is 1.97. The molecule has 9 heteroatoms. The van der Waals surface area contributed by atoms with Crippen LogP contribution in [-0.4, -0.2) is 42.7 Å². The number of alkyl halides is 3. The van der Waals surface area contributed by atoms with Gasteiger partial charge < -0.3 is 15.4 Å². The average molecular weight is 310 g/mol. The first-order valence-corrected chi connectivity index (χ1v) is 7.07. The van der Waals surface area contributed by atoms with Gasteiger partial charge in [-0.3, -0.25) is 0 Å². The van der Waals surface area contributed by atoms with Gasteiger partial charge in [0, 0.05) is 30.6 Å². The first kappa shape index (κ1) is 15.5. The number of piperidine rings is 1. The molecule has 2 rings (SSSR count). The minimum absolute atomic E-state index is 0.0654. The second-order valence-corrected chi connectivity index (χ2v) is 5.71. The van der Waals surface area contributed by atoms with Gasteiger partial charge in [-0.25, -0.2) is 0 Å². The number of methoxy groups -OCH3 is 1. The summed E-state index contributed by atoms with van der Waals surface area (Å²) in [5.41, 5.74) is -0.0654. The van der Waals surface area contributed by atoms with Crippen LogP contribution < -0.4 is 10.6 Å². The van der Waals surface area contributed by atoms with E-state index >= 15 is 0 Å². The van der Waals surface area contributed by atoms with Crippen LogP contribution >= 0.6 is 11.5 Å². The van der Waals surface area contributed by atoms with E-state index < -0.39 is 12.0 Å². The summed E-state index contributed by atoms with van der Waals surface area (Å²) in [7, 11) is 1.64. The van der Waals surface area contributed by atoms with Crippen LogP contribution in [0, 0.1) is 5.41 Å². The Morgan fingerprint density at radius 2 is 2.10 bits per heavy atom. The van der Waals surface area contributed by atoms with Crippen LogP contribution in [0.15, 0.2) is 0 Å². The van der Waals surface area contributed by atoms with E-state index in [0.717, 1.165) is 37.5 Å². The zero-order valence-electron chi connectivity index (χ0n) is 11.1. The Morgan fingerprint density at radius 3 is 2.65 bits per heavy atom. The summed E-state index contributed by atoms with van der Waals surface area (Å²) >= 11 is 0.733. The number of nitrogens with zero attached hydrogens (tertiary/aromatic N) is 2. The molecule has 0 unspecified atom stereocenters. The van der Waals surface area contributed by atoms with Gasteiger partial charge in [0.2, 0.25) is 11.0 Å². The number of hydrogen-bond acceptors (Lipinski definition) is 6. The van der Waals surface area contributed by atoms with Crippen LogP contribution in [0.1, 0.15) is 18.7 Å². The molecule has 0 radical (unpaired) electrons. The SMILES string of the molecule is COCC1(CNc2nc(C(F)(F)F)ns2)CCNCC1. The molecule has 114 valence electrons. The lowest BCUT2D eigenvalue weighted by Gasteiger charge is -2.37. The lowest BCUT2D eigenvalue weighted by molar-refractivity contribution is -0.144. The minimum Gasteiger partial charge on any atom is -0.384 e. The first-order valence-electron chi connectivity index (χ1n) is 6.30. The first-order chi connectivity index (χ1) is 9.45. The molecule has 2 N–H and O–H groups in total. The van der Waals surface area contributed by atoms with Gasteiger partial charge in [0.05, 0.1) is 6.61 Å². The maximum Gasteiger partial charge on any atom is 0.452 e. The van der Waals surface area contributed by atoms with Crippen molar-refractivity contribution in [1.29, 1.82) is 0 Å². The van der Waals surface area contributed by atoms with E-state index in [1.807, 2.05) is 0 Å². The fourth-order valence-corrected chi connectivity index (χ4v) is 2.89. The molecule has 1 aromatic rings. The molecule has 1 saturated heterocycles. The summed E-state index contributed by atoms with van der Waals surface area (Å²) in [5, 5.41) is 6.43. The van der Waals surface area contributed by atoms with Crippen molar-refractivity contribution in [2.45, 2.75) is 19.0 Å². The topological polar surface area (TPSA) is 59.1 Å². The van der Waals surface area contributed by atoms with Crippen molar-refractivity contribution in [3.63, 3.8) is 0 Å². The van der Waals surface area contributed by atoms with Gasteiger partial charge in [-0.15, -0.1) is 0 Å². The van der Waals surface area contributed by atoms with Crippen molar-refractivity contribution in [3.8, 4) is 0 Å². The third-order valence-electron chi connectivity index (χ3n) is 3.41. The van der Waals surface area contributed by atoms with Gasteiger partial charge in [0.1, 0.15) is 0 Å². The standard InChI is InChI=1S/C11H17F3N4OS/c1-19-7-10(2-4-15-5-3-10)6-16-9-17-8(18-20-9)11(12,13)14/h15H,2-7H2,1H3,(H,16,17,18). The molecule has 1 aromatic heterocycles. The number of halogens is 3. The maximum absolute atomic E-state index is 12.4. The van der Waals surface area contributed by atoms with Gasteiger partial charge in [-0.05, 0) is 25.9 Å². The zero-order chi connectivity index (χ0) is 14.6. The highest BCUT2D eigenvalue weighted by Gasteiger charge is 2.37. The predicted molar refractivity (Wildman–Crippen MR) is 69.8 cm³/mol. The van der Waals surface area contributed by atoms with Crippen molar-refractivity contribution in [2.24, 2.45) is 5.41 Å². The van der Waals surface area contributed by atoms with E-state index in [9.17, 15) is 13.2 Å². The Bertz CT molecular complexity index is 426. The minimum atomic E-state index is -4.49. The molecule has 2 heterocycles. The molecule has 1 fully saturated rings. The lowest BCUT2D eigenvalue weighted by Crippen LogP contribution is -2.44. The summed E-state index contributed by atoms with van der Waals surface area (Å²) in [4.78, 5) is 3.47. The monoisotopic (exact) mass is 310 g/mol. The molecular weight excluding hydrogens is 293 g/mol. The maximum atomic E-state index is 12.4. The van der Waals surface area contributed by atoms with Crippen molar-refractivity contribution in [2.75, 3.05) is 38.7 Å². The normalized spacial score (nSPS) is 19.0. The summed E-state index contributed by atoms with van der Waals surface area (Å²) in [6.07, 6.45) is -2.66. The number of aromatic nitrogens is 2. The van der Waals surface area contributed by atoms with Gasteiger partial charge in [-0.2, -0.15) is 22.5 Å². The highest BCUT2D eigenvalue weighted by molar-refractivity contribution is 7.09. The van der Waals surface area contributed by atoms with Crippen LogP contribution in [0.3, 0.4) is 0 Å². The smallest absolute Gasteiger partial charge is 0.384 e. The van der Waals surface area contributed by atoms with E-state index in [4.69, 9.17) is 4.74 Å². The largest absolute Gasteiger partial charge is 0.452 e. The second kappa shape index (κ2) is 6.23. The fraction of sp³-hybridized carbons (Fsp3) is 0.818. The van der Waals surface area contributed by atoms with E-state index in [1.165, 1.54) is 0 Å². The molecule has 0 bridgehead atoms. The third-order valence-corrected chi connectivity index (χ3v) is 4.08. The van der Waals surface area contributed by atoms with Crippen LogP contribution in [0.4, 0.5) is 18.3 Å². The molecular formula is C11H17F3N4OS. The van der Waals surface area contributed by atoms with Crippen molar-refractivity contribution < 1.29 is 17.9 Å². The van der Waals surface area contributed by atoms with Gasteiger partial charge in [0.15, 0.2) is 0 Å². The molecule has 0 aliphatic carbocycles. The highest BCUT2D eigenvalue weighted by Crippen LogP contribution is 2.32. The number of hydrogen-bond donors (Lipinski definition) is 2. The molecule has 0 aromatic carbocycles. The van der Waals surface area contributed by atoms with E-state index in [1.54, 1.807) is 7.11 Å². The van der Waals surface area contributed by atoms with E-state index in [2.05, 4.69) is 20.0 Å². The van der Waals surface area contributed by atoms with Crippen LogP contribution in [0.25, 0.3) is 0 Å². The number of ether oxygens (including phenoxy) is 1. The van der Waals surface area contributed by atoms with Crippen molar-refractivity contribution >= 4 is 16.7 Å². The quantitative estimate of drug-likeness (QED) is 0.871. The number of rotatable bonds is 5. The molecule has 0 amide bonds. The third kappa shape index (κ3) is 3.80. The van der Waals surface area contributed by atoms with E-state index in [0.29, 0.717) is 13.2 Å².